The van der Waals surface area contributed by atoms with Gasteiger partial charge in [-0.1, -0.05) is 60.7 Å². The van der Waals surface area contributed by atoms with Crippen LogP contribution in [0, 0.1) is 6.92 Å². The number of anilines is 1. The number of hydrogen-bond acceptors (Lipinski definition) is 2. The smallest absolute Gasteiger partial charge is 0.255 e. The van der Waals surface area contributed by atoms with Crippen LogP contribution in [0.3, 0.4) is 0 Å². The molecule has 4 heteroatoms. The number of hydrogen-bond donors (Lipinski definition) is 1. The molecule has 0 saturated carbocycles. The molecule has 0 aromatic heterocycles. The lowest BCUT2D eigenvalue weighted by atomic mass is 10.1. The molecule has 0 unspecified atom stereocenters. The van der Waals surface area contributed by atoms with Gasteiger partial charge in [-0.25, -0.2) is 0 Å². The van der Waals surface area contributed by atoms with Crippen LogP contribution in [0.4, 0.5) is 5.69 Å². The van der Waals surface area contributed by atoms with Crippen molar-refractivity contribution in [1.82, 2.24) is 0 Å². The van der Waals surface area contributed by atoms with Gasteiger partial charge in [0.2, 0.25) is 0 Å². The summed E-state index contributed by atoms with van der Waals surface area (Å²) >= 11 is 3.46. The van der Waals surface area contributed by atoms with Crippen molar-refractivity contribution in [2.45, 2.75) is 46.0 Å². The minimum absolute atomic E-state index is 0.127. The van der Waals surface area contributed by atoms with Crippen LogP contribution in [-0.2, 0) is 0 Å². The molecule has 1 amide bonds. The summed E-state index contributed by atoms with van der Waals surface area (Å²) in [6, 6.07) is 13.1. The first-order chi connectivity index (χ1) is 12.1. The normalized spacial score (nSPS) is 10.5. The zero-order valence-corrected chi connectivity index (χ0v) is 16.6. The van der Waals surface area contributed by atoms with Crippen LogP contribution in [0.2, 0.25) is 0 Å². The highest BCUT2D eigenvalue weighted by molar-refractivity contribution is 9.10. The number of ether oxygens (including phenoxy) is 1. The van der Waals surface area contributed by atoms with Crippen LogP contribution in [-0.4, -0.2) is 12.5 Å². The fraction of sp³-hybridized carbons (Fsp3) is 0.381. The molecule has 0 bridgehead atoms. The number of aryl methyl sites for hydroxylation is 1. The average Bonchev–Trinajstić information content (AvgIpc) is 2.60. The van der Waals surface area contributed by atoms with E-state index in [1.807, 2.05) is 49.4 Å². The van der Waals surface area contributed by atoms with Crippen LogP contribution in [0.15, 0.2) is 46.9 Å². The van der Waals surface area contributed by atoms with E-state index in [9.17, 15) is 4.79 Å². The van der Waals surface area contributed by atoms with Crippen LogP contribution >= 0.6 is 15.9 Å². The Morgan fingerprint density at radius 2 is 1.88 bits per heavy atom. The highest BCUT2D eigenvalue weighted by Gasteiger charge is 2.08. The second-order valence-electron chi connectivity index (χ2n) is 6.21. The summed E-state index contributed by atoms with van der Waals surface area (Å²) in [5.41, 5.74) is 2.47. The van der Waals surface area contributed by atoms with Gasteiger partial charge in [-0.3, -0.25) is 4.79 Å². The summed E-state index contributed by atoms with van der Waals surface area (Å²) in [6.45, 7) is 4.92. The minimum Gasteiger partial charge on any atom is -0.494 e. The van der Waals surface area contributed by atoms with Crippen molar-refractivity contribution in [2.75, 3.05) is 11.9 Å². The van der Waals surface area contributed by atoms with Crippen molar-refractivity contribution >= 4 is 27.5 Å². The second kappa shape index (κ2) is 10.2. The number of unbranched alkanes of at least 4 members (excludes halogenated alkanes) is 4. The maximum Gasteiger partial charge on any atom is 0.255 e. The molecule has 0 heterocycles. The molecule has 2 aromatic carbocycles. The standard InChI is InChI=1S/C21H26BrNO2/c1-3-4-5-6-7-13-25-19-10-8-9-18(15-19)23-21(24)17-12-11-16(2)20(22)14-17/h8-12,14-15H,3-7,13H2,1-2H3,(H,23,24). The Morgan fingerprint density at radius 1 is 1.08 bits per heavy atom. The number of benzene rings is 2. The Hall–Kier alpha value is -1.81. The van der Waals surface area contributed by atoms with E-state index < -0.39 is 0 Å². The van der Waals surface area contributed by atoms with Gasteiger partial charge >= 0.3 is 0 Å². The molecule has 0 fully saturated rings. The first-order valence-corrected chi connectivity index (χ1v) is 9.70. The number of nitrogens with one attached hydrogen (secondary N) is 1. The Morgan fingerprint density at radius 3 is 2.64 bits per heavy atom. The third-order valence-electron chi connectivity index (χ3n) is 4.04. The van der Waals surface area contributed by atoms with Crippen molar-refractivity contribution < 1.29 is 9.53 Å². The number of halogens is 1. The Kier molecular flexibility index (Phi) is 7.99. The van der Waals surface area contributed by atoms with Crippen molar-refractivity contribution in [3.63, 3.8) is 0 Å². The fourth-order valence-electron chi connectivity index (χ4n) is 2.50. The maximum absolute atomic E-state index is 12.4. The van der Waals surface area contributed by atoms with E-state index in [-0.39, 0.29) is 5.91 Å². The van der Waals surface area contributed by atoms with Gasteiger partial charge in [-0.2, -0.15) is 0 Å². The molecule has 0 aliphatic heterocycles. The summed E-state index contributed by atoms with van der Waals surface area (Å²) in [7, 11) is 0. The lowest BCUT2D eigenvalue weighted by molar-refractivity contribution is 0.102. The molecule has 0 saturated heterocycles. The van der Waals surface area contributed by atoms with Gasteiger partial charge in [-0.15, -0.1) is 0 Å². The largest absolute Gasteiger partial charge is 0.494 e. The van der Waals surface area contributed by atoms with Crippen molar-refractivity contribution in [1.29, 1.82) is 0 Å². The van der Waals surface area contributed by atoms with Crippen molar-refractivity contribution in [3.8, 4) is 5.75 Å². The summed E-state index contributed by atoms with van der Waals surface area (Å²) in [4.78, 5) is 12.4. The summed E-state index contributed by atoms with van der Waals surface area (Å²) in [5.74, 6) is 0.663. The number of carbonyl (C=O) groups excluding carboxylic acids is 1. The zero-order chi connectivity index (χ0) is 18.1. The lowest BCUT2D eigenvalue weighted by Crippen LogP contribution is -2.12. The van der Waals surface area contributed by atoms with Crippen LogP contribution in [0.5, 0.6) is 5.75 Å². The average molecular weight is 404 g/mol. The zero-order valence-electron chi connectivity index (χ0n) is 15.0. The quantitative estimate of drug-likeness (QED) is 0.494. The summed E-state index contributed by atoms with van der Waals surface area (Å²) in [6.07, 6.45) is 6.07. The molecule has 134 valence electrons. The van der Waals surface area contributed by atoms with Crippen LogP contribution in [0.1, 0.15) is 54.9 Å². The second-order valence-corrected chi connectivity index (χ2v) is 7.06. The van der Waals surface area contributed by atoms with E-state index in [0.717, 1.165) is 27.9 Å². The molecular formula is C21H26BrNO2. The fourth-order valence-corrected chi connectivity index (χ4v) is 2.88. The molecule has 0 aliphatic carbocycles. The van der Waals surface area contributed by atoms with E-state index in [0.29, 0.717) is 12.2 Å². The molecule has 0 radical (unpaired) electrons. The van der Waals surface area contributed by atoms with E-state index in [1.54, 1.807) is 0 Å². The third-order valence-corrected chi connectivity index (χ3v) is 4.90. The Labute approximate surface area is 158 Å². The molecule has 25 heavy (non-hydrogen) atoms. The molecule has 1 N–H and O–H groups in total. The SMILES string of the molecule is CCCCCCCOc1cccc(NC(=O)c2ccc(C)c(Br)c2)c1. The third kappa shape index (κ3) is 6.54. The molecule has 2 aromatic rings. The number of carbonyl (C=O) groups is 1. The van der Waals surface area contributed by atoms with Gasteiger partial charge in [-0.05, 0) is 43.2 Å². The molecule has 0 atom stereocenters. The minimum atomic E-state index is -0.127. The molecule has 2 rings (SSSR count). The summed E-state index contributed by atoms with van der Waals surface area (Å²) < 4.78 is 6.72. The van der Waals surface area contributed by atoms with Gasteiger partial charge in [0, 0.05) is 21.8 Å². The van der Waals surface area contributed by atoms with E-state index in [2.05, 4.69) is 28.2 Å². The number of rotatable bonds is 9. The predicted molar refractivity (Wildman–Crippen MR) is 108 cm³/mol. The highest BCUT2D eigenvalue weighted by Crippen LogP contribution is 2.21. The van der Waals surface area contributed by atoms with Crippen molar-refractivity contribution in [3.05, 3.63) is 58.1 Å². The molecule has 3 nitrogen and oxygen atoms in total. The van der Waals surface area contributed by atoms with Gasteiger partial charge < -0.3 is 10.1 Å². The van der Waals surface area contributed by atoms with Gasteiger partial charge in [0.05, 0.1) is 6.61 Å². The van der Waals surface area contributed by atoms with Crippen LogP contribution < -0.4 is 10.1 Å². The topological polar surface area (TPSA) is 38.3 Å². The first-order valence-electron chi connectivity index (χ1n) is 8.90. The summed E-state index contributed by atoms with van der Waals surface area (Å²) in [5, 5.41) is 2.92. The number of amides is 1. The van der Waals surface area contributed by atoms with E-state index in [4.69, 9.17) is 4.74 Å². The van der Waals surface area contributed by atoms with Crippen LogP contribution in [0.25, 0.3) is 0 Å². The molecular weight excluding hydrogens is 378 g/mol. The van der Waals surface area contributed by atoms with Gasteiger partial charge in [0.1, 0.15) is 5.75 Å². The first kappa shape index (κ1) is 19.5. The monoisotopic (exact) mass is 403 g/mol. The van der Waals surface area contributed by atoms with Crippen molar-refractivity contribution in [2.24, 2.45) is 0 Å². The van der Waals surface area contributed by atoms with E-state index >= 15 is 0 Å². The Balaban J connectivity index is 1.87. The maximum atomic E-state index is 12.4. The Bertz CT molecular complexity index is 700. The lowest BCUT2D eigenvalue weighted by Gasteiger charge is -2.10. The molecule has 0 aliphatic rings. The highest BCUT2D eigenvalue weighted by atomic mass is 79.9. The molecule has 0 spiro atoms. The van der Waals surface area contributed by atoms with Gasteiger partial charge in [0.15, 0.2) is 0 Å². The van der Waals surface area contributed by atoms with Gasteiger partial charge in [0.25, 0.3) is 5.91 Å². The predicted octanol–water partition coefficient (Wildman–Crippen LogP) is 6.36. The van der Waals surface area contributed by atoms with E-state index in [1.165, 1.54) is 25.7 Å².